The van der Waals surface area contributed by atoms with E-state index >= 15 is 0 Å². The molecular formula is C14H17N3O2. The number of benzene rings is 1. The van der Waals surface area contributed by atoms with Gasteiger partial charge in [0.15, 0.2) is 0 Å². The third kappa shape index (κ3) is 2.82. The zero-order chi connectivity index (χ0) is 13.8. The van der Waals surface area contributed by atoms with Crippen LogP contribution in [0.5, 0.6) is 5.75 Å². The second-order valence-electron chi connectivity index (χ2n) is 4.24. The average molecular weight is 259 g/mol. The van der Waals surface area contributed by atoms with E-state index in [1.807, 2.05) is 31.2 Å². The molecule has 0 saturated heterocycles. The Hall–Kier alpha value is -2.14. The summed E-state index contributed by atoms with van der Waals surface area (Å²) in [5.41, 5.74) is 2.11. The summed E-state index contributed by atoms with van der Waals surface area (Å²) in [5, 5.41) is 7.34. The summed E-state index contributed by atoms with van der Waals surface area (Å²) < 4.78 is 6.95. The van der Waals surface area contributed by atoms with Gasteiger partial charge in [0, 0.05) is 24.4 Å². The highest BCUT2D eigenvalue weighted by molar-refractivity contribution is 5.39. The summed E-state index contributed by atoms with van der Waals surface area (Å²) in [7, 11) is 3.41. The Morgan fingerprint density at radius 1 is 1.37 bits per heavy atom. The highest BCUT2D eigenvalue weighted by Crippen LogP contribution is 2.16. The molecule has 0 fully saturated rings. The molecule has 0 amide bonds. The van der Waals surface area contributed by atoms with Crippen LogP contribution in [0.4, 0.5) is 0 Å². The Kier molecular flexibility index (Phi) is 3.97. The largest absolute Gasteiger partial charge is 0.497 e. The van der Waals surface area contributed by atoms with Gasteiger partial charge in [0.2, 0.25) is 5.43 Å². The molecule has 0 aliphatic heterocycles. The summed E-state index contributed by atoms with van der Waals surface area (Å²) >= 11 is 0. The third-order valence-corrected chi connectivity index (χ3v) is 2.82. The van der Waals surface area contributed by atoms with Crippen molar-refractivity contribution in [3.63, 3.8) is 0 Å². The summed E-state index contributed by atoms with van der Waals surface area (Å²) in [5.74, 6) is 0.757. The fourth-order valence-corrected chi connectivity index (χ4v) is 1.88. The van der Waals surface area contributed by atoms with Crippen molar-refractivity contribution in [2.45, 2.75) is 13.5 Å². The van der Waals surface area contributed by atoms with Crippen LogP contribution in [-0.2, 0) is 6.54 Å². The summed E-state index contributed by atoms with van der Waals surface area (Å²) in [6.45, 7) is 2.31. The van der Waals surface area contributed by atoms with Crippen LogP contribution in [0.2, 0.25) is 0 Å². The number of aryl methyl sites for hydroxylation is 1. The lowest BCUT2D eigenvalue weighted by atomic mass is 10.2. The van der Waals surface area contributed by atoms with Gasteiger partial charge in [-0.3, -0.25) is 4.79 Å². The second-order valence-corrected chi connectivity index (χ2v) is 4.24. The van der Waals surface area contributed by atoms with Crippen LogP contribution >= 0.6 is 0 Å². The van der Waals surface area contributed by atoms with E-state index < -0.39 is 0 Å². The lowest BCUT2D eigenvalue weighted by Gasteiger charge is -2.12. The van der Waals surface area contributed by atoms with Gasteiger partial charge in [-0.05, 0) is 26.1 Å². The number of hydrogen-bond donors (Lipinski definition) is 1. The zero-order valence-corrected chi connectivity index (χ0v) is 11.3. The van der Waals surface area contributed by atoms with Gasteiger partial charge in [0.1, 0.15) is 11.4 Å². The maximum absolute atomic E-state index is 11.8. The first-order valence-corrected chi connectivity index (χ1v) is 6.04. The molecular weight excluding hydrogens is 242 g/mol. The van der Waals surface area contributed by atoms with Crippen molar-refractivity contribution in [1.29, 1.82) is 0 Å². The highest BCUT2D eigenvalue weighted by Gasteiger charge is 2.07. The molecule has 2 aromatic rings. The summed E-state index contributed by atoms with van der Waals surface area (Å²) in [6, 6.07) is 9.17. The molecule has 19 heavy (non-hydrogen) atoms. The Labute approximate surface area is 111 Å². The predicted octanol–water partition coefficient (Wildman–Crippen LogP) is 1.27. The van der Waals surface area contributed by atoms with E-state index in [-0.39, 0.29) is 5.43 Å². The standard InChI is InChI=1S/C14H17N3O2/c1-10-7-14(18)13(9-15-2)16-17(10)11-5-4-6-12(8-11)19-3/h4-8,15H,9H2,1-3H3. The molecule has 1 aromatic carbocycles. The van der Waals surface area contributed by atoms with Crippen molar-refractivity contribution in [2.24, 2.45) is 0 Å². The number of methoxy groups -OCH3 is 1. The molecule has 0 atom stereocenters. The molecule has 5 heteroatoms. The topological polar surface area (TPSA) is 56.1 Å². The van der Waals surface area contributed by atoms with E-state index in [0.717, 1.165) is 17.1 Å². The fraction of sp³-hybridized carbons (Fsp3) is 0.286. The molecule has 2 rings (SSSR count). The number of nitrogens with one attached hydrogen (secondary N) is 1. The molecule has 0 saturated carbocycles. The summed E-state index contributed by atoms with van der Waals surface area (Å²) in [4.78, 5) is 11.8. The number of rotatable bonds is 4. The van der Waals surface area contributed by atoms with Crippen LogP contribution in [0, 0.1) is 6.92 Å². The number of ether oxygens (including phenoxy) is 1. The summed E-state index contributed by atoms with van der Waals surface area (Å²) in [6.07, 6.45) is 0. The minimum absolute atomic E-state index is 0.0500. The molecule has 0 aliphatic rings. The van der Waals surface area contributed by atoms with Crippen molar-refractivity contribution in [3.8, 4) is 11.4 Å². The molecule has 0 unspecified atom stereocenters. The lowest BCUT2D eigenvalue weighted by molar-refractivity contribution is 0.414. The maximum Gasteiger partial charge on any atom is 0.204 e. The fourth-order valence-electron chi connectivity index (χ4n) is 1.88. The van der Waals surface area contributed by atoms with Crippen molar-refractivity contribution in [1.82, 2.24) is 15.1 Å². The first-order valence-electron chi connectivity index (χ1n) is 6.04. The van der Waals surface area contributed by atoms with E-state index in [1.54, 1.807) is 24.9 Å². The lowest BCUT2D eigenvalue weighted by Crippen LogP contribution is -2.22. The maximum atomic E-state index is 11.8. The molecule has 0 radical (unpaired) electrons. The van der Waals surface area contributed by atoms with E-state index in [1.165, 1.54) is 0 Å². The molecule has 1 aromatic heterocycles. The van der Waals surface area contributed by atoms with Crippen molar-refractivity contribution in [3.05, 3.63) is 51.9 Å². The quantitative estimate of drug-likeness (QED) is 0.898. The average Bonchev–Trinajstić information content (AvgIpc) is 2.42. The van der Waals surface area contributed by atoms with Gasteiger partial charge in [-0.1, -0.05) is 6.07 Å². The van der Waals surface area contributed by atoms with Gasteiger partial charge in [-0.2, -0.15) is 5.10 Å². The van der Waals surface area contributed by atoms with Gasteiger partial charge >= 0.3 is 0 Å². The molecule has 5 nitrogen and oxygen atoms in total. The molecule has 1 heterocycles. The van der Waals surface area contributed by atoms with Crippen molar-refractivity contribution in [2.75, 3.05) is 14.2 Å². The highest BCUT2D eigenvalue weighted by atomic mass is 16.5. The van der Waals surface area contributed by atoms with Crippen LogP contribution in [-0.4, -0.2) is 23.9 Å². The van der Waals surface area contributed by atoms with Gasteiger partial charge in [-0.25, -0.2) is 4.68 Å². The number of aromatic nitrogens is 2. The van der Waals surface area contributed by atoms with Crippen LogP contribution in [0.15, 0.2) is 35.1 Å². The Balaban J connectivity index is 2.54. The molecule has 1 N–H and O–H groups in total. The Morgan fingerprint density at radius 2 is 2.16 bits per heavy atom. The van der Waals surface area contributed by atoms with Crippen LogP contribution in [0.1, 0.15) is 11.4 Å². The van der Waals surface area contributed by atoms with Gasteiger partial charge in [-0.15, -0.1) is 0 Å². The van der Waals surface area contributed by atoms with Crippen LogP contribution in [0.25, 0.3) is 5.69 Å². The number of nitrogens with zero attached hydrogens (tertiary/aromatic N) is 2. The minimum Gasteiger partial charge on any atom is -0.497 e. The minimum atomic E-state index is -0.0500. The van der Waals surface area contributed by atoms with Crippen LogP contribution < -0.4 is 15.5 Å². The smallest absolute Gasteiger partial charge is 0.204 e. The van der Waals surface area contributed by atoms with Gasteiger partial charge in [0.05, 0.1) is 12.8 Å². The third-order valence-electron chi connectivity index (χ3n) is 2.82. The van der Waals surface area contributed by atoms with E-state index in [0.29, 0.717) is 12.2 Å². The number of hydrogen-bond acceptors (Lipinski definition) is 4. The molecule has 0 bridgehead atoms. The monoisotopic (exact) mass is 259 g/mol. The zero-order valence-electron chi connectivity index (χ0n) is 11.3. The Morgan fingerprint density at radius 3 is 2.84 bits per heavy atom. The van der Waals surface area contributed by atoms with Crippen molar-refractivity contribution >= 4 is 0 Å². The van der Waals surface area contributed by atoms with Crippen LogP contribution in [0.3, 0.4) is 0 Å². The molecule has 100 valence electrons. The van der Waals surface area contributed by atoms with E-state index in [9.17, 15) is 4.79 Å². The SMILES string of the molecule is CNCc1nn(-c2cccc(OC)c2)c(C)cc1=O. The van der Waals surface area contributed by atoms with Gasteiger partial charge in [0.25, 0.3) is 0 Å². The normalized spacial score (nSPS) is 10.5. The van der Waals surface area contributed by atoms with Crippen molar-refractivity contribution < 1.29 is 4.74 Å². The molecule has 0 aliphatic carbocycles. The predicted molar refractivity (Wildman–Crippen MR) is 73.9 cm³/mol. The van der Waals surface area contributed by atoms with Gasteiger partial charge < -0.3 is 10.1 Å². The first kappa shape index (κ1) is 13.3. The Bertz CT molecular complexity index is 635. The first-order chi connectivity index (χ1) is 9.15. The molecule has 0 spiro atoms. The van der Waals surface area contributed by atoms with E-state index in [2.05, 4.69) is 10.4 Å². The van der Waals surface area contributed by atoms with E-state index in [4.69, 9.17) is 4.74 Å². The second kappa shape index (κ2) is 5.67.